The molecule has 3 rings (SSSR count). The molecule has 7 nitrogen and oxygen atoms in total. The van der Waals surface area contributed by atoms with Gasteiger partial charge in [0.05, 0.1) is 10.6 Å². The number of rotatable bonds is 12. The first-order valence-electron chi connectivity index (χ1n) is 12.9. The Kier molecular flexibility index (Phi) is 11.0. The average Bonchev–Trinajstić information content (AvgIpc) is 2.93. The number of benzene rings is 3. The fourth-order valence-corrected chi connectivity index (χ4v) is 5.99. The Morgan fingerprint density at radius 3 is 2.20 bits per heavy atom. The molecular formula is C29H32Cl2FN3O4S. The van der Waals surface area contributed by atoms with Gasteiger partial charge in [0, 0.05) is 22.6 Å². The minimum Gasteiger partial charge on any atom is -0.352 e. The SMILES string of the molecule is CC[C@@H](C)NC(=O)[C@H](CC)N(Cc1ccc(Cl)cc1Cl)C(=O)CN(c1ccccc1F)S(=O)(=O)c1ccccc1. The van der Waals surface area contributed by atoms with Crippen LogP contribution in [0.5, 0.6) is 0 Å². The molecule has 1 N–H and O–H groups in total. The Balaban J connectivity index is 2.08. The second-order valence-corrected chi connectivity index (χ2v) is 12.0. The van der Waals surface area contributed by atoms with Crippen LogP contribution in [0, 0.1) is 5.82 Å². The summed E-state index contributed by atoms with van der Waals surface area (Å²) in [5.74, 6) is -1.91. The lowest BCUT2D eigenvalue weighted by Gasteiger charge is -2.34. The van der Waals surface area contributed by atoms with E-state index in [9.17, 15) is 22.4 Å². The van der Waals surface area contributed by atoms with Gasteiger partial charge in [-0.25, -0.2) is 12.8 Å². The Morgan fingerprint density at radius 1 is 0.950 bits per heavy atom. The second-order valence-electron chi connectivity index (χ2n) is 9.28. The van der Waals surface area contributed by atoms with E-state index in [1.54, 1.807) is 25.1 Å². The van der Waals surface area contributed by atoms with Crippen molar-refractivity contribution in [3.8, 4) is 0 Å². The summed E-state index contributed by atoms with van der Waals surface area (Å²) in [7, 11) is -4.37. The number of carbonyl (C=O) groups excluding carboxylic acids is 2. The highest BCUT2D eigenvalue weighted by Gasteiger charge is 2.35. The Labute approximate surface area is 244 Å². The van der Waals surface area contributed by atoms with E-state index >= 15 is 0 Å². The maximum absolute atomic E-state index is 15.0. The summed E-state index contributed by atoms with van der Waals surface area (Å²) in [5, 5.41) is 3.58. The molecule has 0 saturated carbocycles. The van der Waals surface area contributed by atoms with Crippen molar-refractivity contribution in [1.29, 1.82) is 0 Å². The summed E-state index contributed by atoms with van der Waals surface area (Å²) in [6, 6.07) is 16.4. The van der Waals surface area contributed by atoms with Gasteiger partial charge in [-0.05, 0) is 61.7 Å². The van der Waals surface area contributed by atoms with Crippen LogP contribution in [0.1, 0.15) is 39.2 Å². The van der Waals surface area contributed by atoms with E-state index in [0.29, 0.717) is 17.0 Å². The third-order valence-electron chi connectivity index (χ3n) is 6.47. The molecule has 3 aromatic rings. The molecule has 11 heteroatoms. The van der Waals surface area contributed by atoms with Crippen molar-refractivity contribution in [3.63, 3.8) is 0 Å². The van der Waals surface area contributed by atoms with E-state index in [4.69, 9.17) is 23.2 Å². The van der Waals surface area contributed by atoms with Crippen molar-refractivity contribution in [2.24, 2.45) is 0 Å². The van der Waals surface area contributed by atoms with E-state index in [2.05, 4.69) is 5.32 Å². The van der Waals surface area contributed by atoms with Gasteiger partial charge in [0.25, 0.3) is 10.0 Å². The largest absolute Gasteiger partial charge is 0.352 e. The monoisotopic (exact) mass is 607 g/mol. The van der Waals surface area contributed by atoms with Gasteiger partial charge in [-0.2, -0.15) is 0 Å². The Morgan fingerprint density at radius 2 is 1.60 bits per heavy atom. The Hall–Kier alpha value is -3.14. The van der Waals surface area contributed by atoms with Crippen LogP contribution in [0.4, 0.5) is 10.1 Å². The maximum atomic E-state index is 15.0. The topological polar surface area (TPSA) is 86.8 Å². The van der Waals surface area contributed by atoms with Crippen LogP contribution in [-0.4, -0.2) is 43.8 Å². The van der Waals surface area contributed by atoms with E-state index in [0.717, 1.165) is 10.4 Å². The molecule has 0 unspecified atom stereocenters. The van der Waals surface area contributed by atoms with Gasteiger partial charge < -0.3 is 10.2 Å². The minimum atomic E-state index is -4.37. The smallest absolute Gasteiger partial charge is 0.264 e. The summed E-state index contributed by atoms with van der Waals surface area (Å²) in [4.78, 5) is 28.5. The molecule has 0 aromatic heterocycles. The van der Waals surface area contributed by atoms with Crippen molar-refractivity contribution in [2.45, 2.75) is 57.1 Å². The number of nitrogens with zero attached hydrogens (tertiary/aromatic N) is 2. The van der Waals surface area contributed by atoms with Crippen LogP contribution in [0.25, 0.3) is 0 Å². The molecule has 2 amide bonds. The number of sulfonamides is 1. The highest BCUT2D eigenvalue weighted by Crippen LogP contribution is 2.28. The van der Waals surface area contributed by atoms with Gasteiger partial charge in [0.1, 0.15) is 18.4 Å². The molecule has 0 aliphatic rings. The molecule has 0 radical (unpaired) electrons. The first kappa shape index (κ1) is 31.4. The predicted octanol–water partition coefficient (Wildman–Crippen LogP) is 6.05. The highest BCUT2D eigenvalue weighted by molar-refractivity contribution is 7.92. The summed E-state index contributed by atoms with van der Waals surface area (Å²) >= 11 is 12.5. The number of nitrogens with one attached hydrogen (secondary N) is 1. The molecule has 0 heterocycles. The lowest BCUT2D eigenvalue weighted by Crippen LogP contribution is -2.53. The molecule has 0 bridgehead atoms. The number of para-hydroxylation sites is 1. The molecule has 2 atom stereocenters. The summed E-state index contributed by atoms with van der Waals surface area (Å²) < 4.78 is 43.2. The molecule has 0 fully saturated rings. The van der Waals surface area contributed by atoms with Crippen LogP contribution in [0.3, 0.4) is 0 Å². The first-order valence-corrected chi connectivity index (χ1v) is 15.0. The maximum Gasteiger partial charge on any atom is 0.264 e. The van der Waals surface area contributed by atoms with E-state index in [1.165, 1.54) is 53.4 Å². The quantitative estimate of drug-likeness (QED) is 0.271. The van der Waals surface area contributed by atoms with Crippen molar-refractivity contribution < 1.29 is 22.4 Å². The van der Waals surface area contributed by atoms with Crippen LogP contribution in [-0.2, 0) is 26.2 Å². The number of hydrogen-bond acceptors (Lipinski definition) is 4. The predicted molar refractivity (Wildman–Crippen MR) is 156 cm³/mol. The van der Waals surface area contributed by atoms with E-state index in [-0.39, 0.29) is 34.6 Å². The molecule has 214 valence electrons. The highest BCUT2D eigenvalue weighted by atomic mass is 35.5. The standard InChI is InChI=1S/C29H32Cl2FN3O4S/c1-4-20(3)33-29(37)26(5-2)34(18-21-15-16-22(30)17-24(21)31)28(36)19-35(27-14-10-9-13-25(27)32)40(38,39)23-11-7-6-8-12-23/h6-17,20,26H,4-5,18-19H2,1-3H3,(H,33,37)/t20-,26+/m1/s1. The molecule has 0 saturated heterocycles. The molecule has 3 aromatic carbocycles. The molecule has 40 heavy (non-hydrogen) atoms. The lowest BCUT2D eigenvalue weighted by atomic mass is 10.1. The zero-order valence-electron chi connectivity index (χ0n) is 22.5. The number of carbonyl (C=O) groups is 2. The first-order chi connectivity index (χ1) is 19.0. The summed E-state index contributed by atoms with van der Waals surface area (Å²) in [5.41, 5.74) is 0.221. The molecular weight excluding hydrogens is 576 g/mol. The fourth-order valence-electron chi connectivity index (χ4n) is 4.08. The fraction of sp³-hybridized carbons (Fsp3) is 0.310. The van der Waals surface area contributed by atoms with Gasteiger partial charge in [-0.1, -0.05) is 73.4 Å². The lowest BCUT2D eigenvalue weighted by molar-refractivity contribution is -0.140. The van der Waals surface area contributed by atoms with Crippen molar-refractivity contribution in [3.05, 3.63) is 94.2 Å². The zero-order chi connectivity index (χ0) is 29.4. The normalized spacial score (nSPS) is 12.8. The summed E-state index contributed by atoms with van der Waals surface area (Å²) in [6.45, 7) is 4.66. The van der Waals surface area contributed by atoms with Crippen LogP contribution >= 0.6 is 23.2 Å². The van der Waals surface area contributed by atoms with Crippen molar-refractivity contribution in [2.75, 3.05) is 10.8 Å². The van der Waals surface area contributed by atoms with Gasteiger partial charge in [0.2, 0.25) is 11.8 Å². The van der Waals surface area contributed by atoms with Crippen molar-refractivity contribution >= 4 is 50.7 Å². The average molecular weight is 609 g/mol. The molecule has 0 aliphatic heterocycles. The van der Waals surface area contributed by atoms with Gasteiger partial charge in [0.15, 0.2) is 0 Å². The van der Waals surface area contributed by atoms with Crippen LogP contribution < -0.4 is 9.62 Å². The minimum absolute atomic E-state index is 0.0994. The van der Waals surface area contributed by atoms with E-state index in [1.807, 2.05) is 13.8 Å². The van der Waals surface area contributed by atoms with Gasteiger partial charge in [-0.3, -0.25) is 13.9 Å². The summed E-state index contributed by atoms with van der Waals surface area (Å²) in [6.07, 6.45) is 0.917. The number of amides is 2. The Bertz CT molecular complexity index is 1440. The number of anilines is 1. The van der Waals surface area contributed by atoms with Crippen molar-refractivity contribution in [1.82, 2.24) is 10.2 Å². The van der Waals surface area contributed by atoms with Gasteiger partial charge in [-0.15, -0.1) is 0 Å². The molecule has 0 aliphatic carbocycles. The third-order valence-corrected chi connectivity index (χ3v) is 8.83. The van der Waals surface area contributed by atoms with E-state index < -0.39 is 40.2 Å². The second kappa shape index (κ2) is 14.0. The van der Waals surface area contributed by atoms with Crippen LogP contribution in [0.15, 0.2) is 77.7 Å². The zero-order valence-corrected chi connectivity index (χ0v) is 24.8. The van der Waals surface area contributed by atoms with Crippen LogP contribution in [0.2, 0.25) is 10.0 Å². The third kappa shape index (κ3) is 7.53. The van der Waals surface area contributed by atoms with Gasteiger partial charge >= 0.3 is 0 Å². The number of hydrogen-bond donors (Lipinski definition) is 1. The number of halogens is 3. The molecule has 0 spiro atoms.